The molecule has 1 aromatic carbocycles. The number of nitrogen functional groups attached to an aromatic ring is 1. The summed E-state index contributed by atoms with van der Waals surface area (Å²) in [6, 6.07) is 10.8. The van der Waals surface area contributed by atoms with Crippen molar-refractivity contribution >= 4 is 17.4 Å². The average molecular weight is 398 g/mol. The molecule has 7 nitrogen and oxygen atoms in total. The van der Waals surface area contributed by atoms with Gasteiger partial charge in [-0.05, 0) is 48.9 Å². The fourth-order valence-corrected chi connectivity index (χ4v) is 2.76. The number of primary amides is 1. The second-order valence-corrected chi connectivity index (χ2v) is 6.46. The zero-order valence-electron chi connectivity index (χ0n) is 15.5. The summed E-state index contributed by atoms with van der Waals surface area (Å²) in [5, 5.41) is 11.1. The lowest BCUT2D eigenvalue weighted by Gasteiger charge is -2.10. The van der Waals surface area contributed by atoms with Crippen LogP contribution in [0.1, 0.15) is 22.5 Å². The van der Waals surface area contributed by atoms with Crippen LogP contribution in [0.25, 0.3) is 11.3 Å². The van der Waals surface area contributed by atoms with Crippen LogP contribution in [0.15, 0.2) is 48.7 Å². The van der Waals surface area contributed by atoms with Gasteiger partial charge in [-0.15, -0.1) is 10.2 Å². The number of aromatic nitrogens is 3. The van der Waals surface area contributed by atoms with Crippen LogP contribution < -0.4 is 16.8 Å². The largest absolute Gasteiger partial charge is 0.399 e. The van der Waals surface area contributed by atoms with Gasteiger partial charge in [-0.3, -0.25) is 9.78 Å². The molecule has 29 heavy (non-hydrogen) atoms. The fraction of sp³-hybridized carbons (Fsp3) is 0.200. The number of halogens is 2. The maximum absolute atomic E-state index is 14.1. The number of benzene rings is 1. The first-order valence-electron chi connectivity index (χ1n) is 8.94. The number of nitrogens with one attached hydrogen (secondary N) is 1. The maximum Gasteiger partial charge on any atom is 0.248 e. The number of carbonyl (C=O) groups is 1. The van der Waals surface area contributed by atoms with E-state index < -0.39 is 17.9 Å². The molecule has 2 aromatic heterocycles. The lowest BCUT2D eigenvalue weighted by Crippen LogP contribution is -2.14. The minimum absolute atomic E-state index is 0.0867. The highest BCUT2D eigenvalue weighted by Gasteiger charge is 2.12. The van der Waals surface area contributed by atoms with Gasteiger partial charge in [0.25, 0.3) is 0 Å². The number of nitrogens with two attached hydrogens (primary N) is 2. The molecule has 1 atom stereocenters. The molecule has 0 bridgehead atoms. The zero-order chi connectivity index (χ0) is 20.8. The Morgan fingerprint density at radius 3 is 2.69 bits per heavy atom. The van der Waals surface area contributed by atoms with Crippen molar-refractivity contribution < 1.29 is 13.6 Å². The Bertz CT molecular complexity index is 997. The van der Waals surface area contributed by atoms with Crippen LogP contribution in [0.2, 0.25) is 0 Å². The van der Waals surface area contributed by atoms with Crippen molar-refractivity contribution in [1.29, 1.82) is 0 Å². The van der Waals surface area contributed by atoms with E-state index in [1.54, 1.807) is 24.3 Å². The predicted molar refractivity (Wildman–Crippen MR) is 106 cm³/mol. The molecular formula is C20H20F2N6O. The second kappa shape index (κ2) is 9.05. The van der Waals surface area contributed by atoms with Gasteiger partial charge in [0.15, 0.2) is 0 Å². The van der Waals surface area contributed by atoms with E-state index in [9.17, 15) is 13.6 Å². The predicted octanol–water partition coefficient (Wildman–Crippen LogP) is 2.74. The van der Waals surface area contributed by atoms with Crippen LogP contribution in [-0.2, 0) is 6.42 Å². The molecule has 0 unspecified atom stereocenters. The third-order valence-corrected chi connectivity index (χ3v) is 4.21. The summed E-state index contributed by atoms with van der Waals surface area (Å²) < 4.78 is 27.6. The molecule has 2 heterocycles. The van der Waals surface area contributed by atoms with Gasteiger partial charge >= 0.3 is 0 Å². The van der Waals surface area contributed by atoms with E-state index in [4.69, 9.17) is 11.5 Å². The molecule has 1 amide bonds. The molecule has 150 valence electrons. The number of amides is 1. The van der Waals surface area contributed by atoms with Gasteiger partial charge in [0.2, 0.25) is 5.91 Å². The number of pyridine rings is 1. The summed E-state index contributed by atoms with van der Waals surface area (Å²) in [4.78, 5) is 15.2. The van der Waals surface area contributed by atoms with Gasteiger partial charge in [0.05, 0.1) is 11.4 Å². The molecule has 0 aliphatic carbocycles. The Kier molecular flexibility index (Phi) is 6.28. The van der Waals surface area contributed by atoms with Crippen LogP contribution in [-0.4, -0.2) is 33.8 Å². The standard InChI is InChI=1S/C20H20F2N6O/c21-14(11-18-16(22)2-1-6-25-18)5-7-26-19-4-3-17(27-28-19)12-8-13(20(24)29)10-15(23)9-12/h1-4,6,8-10,14H,5,7,11,23H2,(H2,24,29)(H,26,28)/t14-/m0/s1. The second-order valence-electron chi connectivity index (χ2n) is 6.46. The number of anilines is 2. The fourth-order valence-electron chi connectivity index (χ4n) is 2.76. The van der Waals surface area contributed by atoms with Crippen LogP contribution in [0.5, 0.6) is 0 Å². The van der Waals surface area contributed by atoms with E-state index in [0.29, 0.717) is 29.3 Å². The van der Waals surface area contributed by atoms with Crippen LogP contribution >= 0.6 is 0 Å². The normalized spacial score (nSPS) is 11.8. The molecular weight excluding hydrogens is 378 g/mol. The molecule has 0 fully saturated rings. The molecule has 0 saturated heterocycles. The van der Waals surface area contributed by atoms with Crippen LogP contribution in [0, 0.1) is 5.82 Å². The Balaban J connectivity index is 1.56. The van der Waals surface area contributed by atoms with E-state index in [1.165, 1.54) is 24.4 Å². The number of hydrogen-bond donors (Lipinski definition) is 3. The van der Waals surface area contributed by atoms with Gasteiger partial charge in [0, 0.05) is 36.0 Å². The smallest absolute Gasteiger partial charge is 0.248 e. The summed E-state index contributed by atoms with van der Waals surface area (Å²) >= 11 is 0. The summed E-state index contributed by atoms with van der Waals surface area (Å²) in [6.07, 6.45) is 0.277. The summed E-state index contributed by atoms with van der Waals surface area (Å²) in [5.74, 6) is -0.634. The molecule has 3 rings (SSSR count). The molecule has 0 aliphatic heterocycles. The monoisotopic (exact) mass is 398 g/mol. The Labute approximate surface area is 166 Å². The first-order chi connectivity index (χ1) is 13.9. The first-order valence-corrected chi connectivity index (χ1v) is 8.94. The SMILES string of the molecule is NC(=O)c1cc(N)cc(-c2ccc(NCC[C@H](F)Cc3ncccc3F)nn2)c1. The number of nitrogens with zero attached hydrogens (tertiary/aromatic N) is 3. The van der Waals surface area contributed by atoms with Crippen molar-refractivity contribution in [2.24, 2.45) is 5.73 Å². The molecule has 0 radical (unpaired) electrons. The van der Waals surface area contributed by atoms with Crippen LogP contribution in [0.3, 0.4) is 0 Å². The molecule has 5 N–H and O–H groups in total. The third kappa shape index (κ3) is 5.44. The molecule has 0 saturated carbocycles. The van der Waals surface area contributed by atoms with E-state index in [1.807, 2.05) is 0 Å². The van der Waals surface area contributed by atoms with Gasteiger partial charge in [-0.1, -0.05) is 0 Å². The summed E-state index contributed by atoms with van der Waals surface area (Å²) in [6.45, 7) is 0.299. The van der Waals surface area contributed by atoms with Gasteiger partial charge in [-0.25, -0.2) is 8.78 Å². The number of carbonyl (C=O) groups excluding carboxylic acids is 1. The topological polar surface area (TPSA) is 120 Å². The number of alkyl halides is 1. The zero-order valence-corrected chi connectivity index (χ0v) is 15.5. The minimum Gasteiger partial charge on any atom is -0.399 e. The van der Waals surface area contributed by atoms with Crippen molar-refractivity contribution in [2.45, 2.75) is 19.0 Å². The Morgan fingerprint density at radius 2 is 2.00 bits per heavy atom. The summed E-state index contributed by atoms with van der Waals surface area (Å²) in [7, 11) is 0. The first kappa shape index (κ1) is 20.1. The third-order valence-electron chi connectivity index (χ3n) is 4.21. The highest BCUT2D eigenvalue weighted by Crippen LogP contribution is 2.22. The molecule has 9 heteroatoms. The van der Waals surface area contributed by atoms with E-state index >= 15 is 0 Å². The Hall–Kier alpha value is -3.62. The van der Waals surface area contributed by atoms with Crippen LogP contribution in [0.4, 0.5) is 20.3 Å². The maximum atomic E-state index is 14.1. The van der Waals surface area contributed by atoms with E-state index in [-0.39, 0.29) is 24.1 Å². The average Bonchev–Trinajstić information content (AvgIpc) is 2.70. The molecule has 0 spiro atoms. The van der Waals surface area contributed by atoms with E-state index in [0.717, 1.165) is 0 Å². The van der Waals surface area contributed by atoms with Gasteiger partial charge < -0.3 is 16.8 Å². The Morgan fingerprint density at radius 1 is 1.17 bits per heavy atom. The van der Waals surface area contributed by atoms with Gasteiger partial charge in [-0.2, -0.15) is 0 Å². The lowest BCUT2D eigenvalue weighted by atomic mass is 10.1. The van der Waals surface area contributed by atoms with Gasteiger partial charge in [0.1, 0.15) is 17.8 Å². The molecule has 0 aliphatic rings. The number of rotatable bonds is 8. The quantitative estimate of drug-likeness (QED) is 0.502. The lowest BCUT2D eigenvalue weighted by molar-refractivity contribution is 0.100. The highest BCUT2D eigenvalue weighted by molar-refractivity contribution is 5.95. The number of hydrogen-bond acceptors (Lipinski definition) is 6. The van der Waals surface area contributed by atoms with Crippen molar-refractivity contribution in [3.63, 3.8) is 0 Å². The van der Waals surface area contributed by atoms with E-state index in [2.05, 4.69) is 20.5 Å². The van der Waals surface area contributed by atoms with Crippen molar-refractivity contribution in [3.8, 4) is 11.3 Å². The van der Waals surface area contributed by atoms with Crippen molar-refractivity contribution in [2.75, 3.05) is 17.6 Å². The molecule has 3 aromatic rings. The summed E-state index contributed by atoms with van der Waals surface area (Å²) in [5.41, 5.74) is 13.0. The van der Waals surface area contributed by atoms with Crippen molar-refractivity contribution in [3.05, 3.63) is 65.7 Å². The highest BCUT2D eigenvalue weighted by atomic mass is 19.1. The minimum atomic E-state index is -1.24. The van der Waals surface area contributed by atoms with Crippen molar-refractivity contribution in [1.82, 2.24) is 15.2 Å².